The van der Waals surface area contributed by atoms with E-state index in [0.29, 0.717) is 16.6 Å². The van der Waals surface area contributed by atoms with Crippen LogP contribution in [0.3, 0.4) is 0 Å². The number of carbonyl (C=O) groups is 1. The van der Waals surface area contributed by atoms with Gasteiger partial charge in [-0.3, -0.25) is 4.79 Å². The number of hydrogen-bond acceptors (Lipinski definition) is 1. The van der Waals surface area contributed by atoms with Crippen LogP contribution in [0.4, 0.5) is 0 Å². The minimum Gasteiger partial charge on any atom is -0.373 e. The second-order valence-corrected chi connectivity index (χ2v) is 12.7. The molecule has 3 heteroatoms. The molecule has 0 amide bonds. The smallest absolute Gasteiger partial charge is 0.169 e. The molecule has 1 heterocycles. The zero-order chi connectivity index (χ0) is 15.8. The Morgan fingerprint density at radius 1 is 0.952 bits per heavy atom. The summed E-state index contributed by atoms with van der Waals surface area (Å²) in [6.07, 6.45) is 3.19. The second-order valence-electron chi connectivity index (χ2n) is 6.94. The van der Waals surface area contributed by atoms with E-state index in [1.54, 1.807) is 0 Å². The Bertz CT molecular complexity index is 618. The van der Waals surface area contributed by atoms with Gasteiger partial charge in [0.05, 0.1) is 0 Å². The molecule has 2 rings (SSSR count). The molecule has 0 spiro atoms. The summed E-state index contributed by atoms with van der Waals surface area (Å²) in [4.78, 5) is 11.3. The van der Waals surface area contributed by atoms with Crippen molar-refractivity contribution < 1.29 is 4.79 Å². The van der Waals surface area contributed by atoms with Gasteiger partial charge in [-0.05, 0) is 35.0 Å². The topological polar surface area (TPSA) is 22.0 Å². The fourth-order valence-corrected chi connectivity index (χ4v) is 11.1. The first-order valence-electron chi connectivity index (χ1n) is 7.93. The molecule has 0 atom stereocenters. The molecular formula is C18H27NOSi. The van der Waals surface area contributed by atoms with Gasteiger partial charge in [0.15, 0.2) is 14.5 Å². The maximum absolute atomic E-state index is 11.3. The standard InChI is InChI=1S/C18H27NOSi/c1-13(2)21(14(3)4,15(5)6)19-11-10-17-16(12-20)8-7-9-18(17)19/h7-15H,1-6H3. The van der Waals surface area contributed by atoms with Crippen LogP contribution in [-0.4, -0.2) is 18.8 Å². The number of carbonyl (C=O) groups excluding carboxylic acids is 1. The van der Waals surface area contributed by atoms with Crippen molar-refractivity contribution in [2.24, 2.45) is 0 Å². The zero-order valence-electron chi connectivity index (χ0n) is 14.1. The van der Waals surface area contributed by atoms with Crippen LogP contribution in [0.25, 0.3) is 10.9 Å². The van der Waals surface area contributed by atoms with E-state index in [2.05, 4.69) is 64.1 Å². The summed E-state index contributed by atoms with van der Waals surface area (Å²) in [5.74, 6) is 0. The van der Waals surface area contributed by atoms with Crippen molar-refractivity contribution in [2.45, 2.75) is 58.2 Å². The first kappa shape index (κ1) is 16.0. The monoisotopic (exact) mass is 301 g/mol. The average Bonchev–Trinajstić information content (AvgIpc) is 2.82. The van der Waals surface area contributed by atoms with Gasteiger partial charge in [-0.2, -0.15) is 0 Å². The second kappa shape index (κ2) is 5.80. The lowest BCUT2D eigenvalue weighted by molar-refractivity contribution is 0.112. The number of rotatable bonds is 5. The first-order valence-corrected chi connectivity index (χ1v) is 10.1. The highest BCUT2D eigenvalue weighted by molar-refractivity contribution is 6.82. The van der Waals surface area contributed by atoms with Gasteiger partial charge in [-0.15, -0.1) is 0 Å². The van der Waals surface area contributed by atoms with E-state index >= 15 is 0 Å². The number of benzene rings is 1. The van der Waals surface area contributed by atoms with Crippen LogP contribution < -0.4 is 0 Å². The lowest BCUT2D eigenvalue weighted by Crippen LogP contribution is -2.51. The normalized spacial score (nSPS) is 12.8. The summed E-state index contributed by atoms with van der Waals surface area (Å²) in [5.41, 5.74) is 3.96. The van der Waals surface area contributed by atoms with Crippen molar-refractivity contribution in [2.75, 3.05) is 0 Å². The Hall–Kier alpha value is -1.35. The number of aldehydes is 1. The third-order valence-electron chi connectivity index (χ3n) is 5.09. The van der Waals surface area contributed by atoms with Gasteiger partial charge in [0.2, 0.25) is 0 Å². The van der Waals surface area contributed by atoms with E-state index in [1.165, 1.54) is 5.52 Å². The molecule has 0 bridgehead atoms. The number of nitrogens with zero attached hydrogens (tertiary/aromatic N) is 1. The van der Waals surface area contributed by atoms with Crippen LogP contribution in [0.1, 0.15) is 51.9 Å². The predicted molar refractivity (Wildman–Crippen MR) is 93.8 cm³/mol. The highest BCUT2D eigenvalue weighted by Gasteiger charge is 2.45. The van der Waals surface area contributed by atoms with E-state index in [-0.39, 0.29) is 0 Å². The molecular weight excluding hydrogens is 274 g/mol. The Labute approximate surface area is 129 Å². The Balaban J connectivity index is 2.81. The highest BCUT2D eigenvalue weighted by atomic mass is 28.3. The average molecular weight is 302 g/mol. The van der Waals surface area contributed by atoms with Crippen molar-refractivity contribution in [1.29, 1.82) is 0 Å². The van der Waals surface area contributed by atoms with Gasteiger partial charge in [-0.1, -0.05) is 53.7 Å². The quantitative estimate of drug-likeness (QED) is 0.529. The molecule has 1 aromatic carbocycles. The summed E-state index contributed by atoms with van der Waals surface area (Å²) in [6.45, 7) is 14.2. The van der Waals surface area contributed by atoms with Crippen LogP contribution in [0, 0.1) is 0 Å². The molecule has 0 aliphatic heterocycles. The zero-order valence-corrected chi connectivity index (χ0v) is 15.1. The molecule has 2 nitrogen and oxygen atoms in total. The lowest BCUT2D eigenvalue weighted by Gasteiger charge is -2.44. The van der Waals surface area contributed by atoms with Crippen LogP contribution in [0.5, 0.6) is 0 Å². The van der Waals surface area contributed by atoms with Crippen molar-refractivity contribution >= 4 is 25.4 Å². The van der Waals surface area contributed by atoms with Gasteiger partial charge >= 0.3 is 0 Å². The summed E-state index contributed by atoms with van der Waals surface area (Å²) >= 11 is 0. The molecule has 0 fully saturated rings. The van der Waals surface area contributed by atoms with Crippen molar-refractivity contribution in [1.82, 2.24) is 4.23 Å². The number of hydrogen-bond donors (Lipinski definition) is 0. The largest absolute Gasteiger partial charge is 0.373 e. The molecule has 0 saturated carbocycles. The first-order chi connectivity index (χ1) is 9.87. The van der Waals surface area contributed by atoms with Crippen LogP contribution in [0.2, 0.25) is 16.6 Å². The van der Waals surface area contributed by atoms with E-state index in [0.717, 1.165) is 17.2 Å². The molecule has 0 saturated heterocycles. The fraction of sp³-hybridized carbons (Fsp3) is 0.500. The maximum Gasteiger partial charge on any atom is 0.169 e. The summed E-state index contributed by atoms with van der Waals surface area (Å²) in [7, 11) is -1.75. The van der Waals surface area contributed by atoms with Crippen LogP contribution in [0.15, 0.2) is 30.5 Å². The van der Waals surface area contributed by atoms with Gasteiger partial charge in [0.1, 0.15) is 0 Å². The summed E-state index contributed by atoms with van der Waals surface area (Å²) < 4.78 is 2.55. The minimum atomic E-state index is -1.75. The predicted octanol–water partition coefficient (Wildman–Crippen LogP) is 5.48. The van der Waals surface area contributed by atoms with Crippen molar-refractivity contribution in [3.63, 3.8) is 0 Å². The molecule has 114 valence electrons. The molecule has 0 unspecified atom stereocenters. The molecule has 0 radical (unpaired) electrons. The van der Waals surface area contributed by atoms with Crippen molar-refractivity contribution in [3.05, 3.63) is 36.0 Å². The Morgan fingerprint density at radius 3 is 2.00 bits per heavy atom. The Morgan fingerprint density at radius 2 is 1.52 bits per heavy atom. The minimum absolute atomic E-state index is 0.646. The molecule has 0 N–H and O–H groups in total. The van der Waals surface area contributed by atoms with E-state index in [1.807, 2.05) is 12.1 Å². The van der Waals surface area contributed by atoms with Crippen LogP contribution in [-0.2, 0) is 0 Å². The third kappa shape index (κ3) is 2.28. The van der Waals surface area contributed by atoms with Crippen LogP contribution >= 0.6 is 0 Å². The molecule has 1 aromatic heterocycles. The molecule has 0 aliphatic rings. The van der Waals surface area contributed by atoms with Crippen molar-refractivity contribution in [3.8, 4) is 0 Å². The fourth-order valence-electron chi connectivity index (χ4n) is 4.47. The third-order valence-corrected chi connectivity index (χ3v) is 11.9. The van der Waals surface area contributed by atoms with E-state index < -0.39 is 8.24 Å². The van der Waals surface area contributed by atoms with Gasteiger partial charge in [0.25, 0.3) is 0 Å². The molecule has 2 aromatic rings. The summed E-state index contributed by atoms with van der Waals surface area (Å²) in [6, 6.07) is 8.19. The molecule has 0 aliphatic carbocycles. The highest BCUT2D eigenvalue weighted by Crippen LogP contribution is 2.44. The Kier molecular flexibility index (Phi) is 4.42. The molecule has 21 heavy (non-hydrogen) atoms. The maximum atomic E-state index is 11.3. The number of fused-ring (bicyclic) bond motifs is 1. The number of aromatic nitrogens is 1. The van der Waals surface area contributed by atoms with E-state index in [4.69, 9.17) is 0 Å². The lowest BCUT2D eigenvalue weighted by atomic mass is 10.1. The van der Waals surface area contributed by atoms with E-state index in [9.17, 15) is 4.79 Å². The summed E-state index contributed by atoms with van der Waals surface area (Å²) in [5, 5.41) is 1.09. The van der Waals surface area contributed by atoms with Gasteiger partial charge in [-0.25, -0.2) is 0 Å². The van der Waals surface area contributed by atoms with Gasteiger partial charge in [0, 0.05) is 16.5 Å². The van der Waals surface area contributed by atoms with Gasteiger partial charge < -0.3 is 4.23 Å². The SMILES string of the molecule is CC(C)[Si](C(C)C)(C(C)C)n1ccc2c(C=O)cccc21.